The van der Waals surface area contributed by atoms with Crippen molar-refractivity contribution in [1.82, 2.24) is 5.32 Å². The van der Waals surface area contributed by atoms with Gasteiger partial charge in [-0.1, -0.05) is 13.3 Å². The number of carbonyl (C=O) groups excluding carboxylic acids is 1. The van der Waals surface area contributed by atoms with Crippen LogP contribution in [0.5, 0.6) is 0 Å². The Morgan fingerprint density at radius 2 is 2.26 bits per heavy atom. The summed E-state index contributed by atoms with van der Waals surface area (Å²) >= 11 is 1.58. The van der Waals surface area contributed by atoms with Crippen LogP contribution in [0.3, 0.4) is 0 Å². The van der Waals surface area contributed by atoms with Gasteiger partial charge in [-0.2, -0.15) is 0 Å². The van der Waals surface area contributed by atoms with Crippen LogP contribution in [-0.4, -0.2) is 23.5 Å². The van der Waals surface area contributed by atoms with Crippen LogP contribution in [0.2, 0.25) is 0 Å². The molecule has 1 rings (SSSR count). The number of thiophene rings is 1. The first kappa shape index (κ1) is 15.4. The van der Waals surface area contributed by atoms with E-state index in [-0.39, 0.29) is 18.2 Å². The van der Waals surface area contributed by atoms with Crippen LogP contribution in [0.15, 0.2) is 17.5 Å². The highest BCUT2D eigenvalue weighted by atomic mass is 32.1. The highest BCUT2D eigenvalue weighted by molar-refractivity contribution is 7.11. The van der Waals surface area contributed by atoms with E-state index >= 15 is 0 Å². The van der Waals surface area contributed by atoms with Gasteiger partial charge in [-0.3, -0.25) is 9.59 Å². The Hall–Kier alpha value is -1.62. The zero-order chi connectivity index (χ0) is 14.3. The van der Waals surface area contributed by atoms with Crippen molar-refractivity contribution in [3.05, 3.63) is 28.0 Å². The van der Waals surface area contributed by atoms with Crippen LogP contribution >= 0.6 is 11.3 Å². The first-order valence-electron chi connectivity index (χ1n) is 6.24. The van der Waals surface area contributed by atoms with Gasteiger partial charge in [-0.15, -0.1) is 11.3 Å². The SMILES string of the molecule is CCC(CNC(=O)/C=C/c1sccc1C)CC(=O)O. The number of nitrogens with one attached hydrogen (secondary N) is 1. The molecule has 19 heavy (non-hydrogen) atoms. The fourth-order valence-corrected chi connectivity index (χ4v) is 2.44. The third-order valence-electron chi connectivity index (χ3n) is 2.89. The van der Waals surface area contributed by atoms with Crippen molar-refractivity contribution < 1.29 is 14.7 Å². The van der Waals surface area contributed by atoms with Crippen molar-refractivity contribution in [3.63, 3.8) is 0 Å². The molecule has 0 bridgehead atoms. The van der Waals surface area contributed by atoms with Gasteiger partial charge in [0.25, 0.3) is 0 Å². The van der Waals surface area contributed by atoms with Crippen molar-refractivity contribution in [2.45, 2.75) is 26.7 Å². The van der Waals surface area contributed by atoms with Gasteiger partial charge >= 0.3 is 5.97 Å². The number of aryl methyl sites for hydroxylation is 1. The summed E-state index contributed by atoms with van der Waals surface area (Å²) in [7, 11) is 0. The Kier molecular flexibility index (Phi) is 6.29. The van der Waals surface area contributed by atoms with E-state index < -0.39 is 5.97 Å². The summed E-state index contributed by atoms with van der Waals surface area (Å²) in [4.78, 5) is 23.3. The number of amides is 1. The molecule has 1 heterocycles. The number of carboxylic acid groups (broad SMARTS) is 1. The maximum atomic E-state index is 11.6. The van der Waals surface area contributed by atoms with Crippen molar-refractivity contribution >= 4 is 29.3 Å². The number of hydrogen-bond acceptors (Lipinski definition) is 3. The van der Waals surface area contributed by atoms with E-state index in [9.17, 15) is 9.59 Å². The fourth-order valence-electron chi connectivity index (χ4n) is 1.62. The first-order chi connectivity index (χ1) is 9.02. The average molecular weight is 281 g/mol. The average Bonchev–Trinajstić information content (AvgIpc) is 2.77. The molecule has 1 unspecified atom stereocenters. The molecule has 0 aliphatic heterocycles. The largest absolute Gasteiger partial charge is 0.481 e. The normalized spacial score (nSPS) is 12.5. The predicted octanol–water partition coefficient (Wildman–Crippen LogP) is 2.69. The summed E-state index contributed by atoms with van der Waals surface area (Å²) in [5.74, 6) is -1.03. The molecule has 2 N–H and O–H groups in total. The standard InChI is InChI=1S/C14H19NO3S/c1-3-11(8-14(17)18)9-15-13(16)5-4-12-10(2)6-7-19-12/h4-7,11H,3,8-9H2,1-2H3,(H,15,16)(H,17,18)/b5-4+. The first-order valence-corrected chi connectivity index (χ1v) is 7.12. The molecule has 1 amide bonds. The third kappa shape index (κ3) is 5.70. The molecule has 104 valence electrons. The quantitative estimate of drug-likeness (QED) is 0.755. The van der Waals surface area contributed by atoms with Gasteiger partial charge in [0.2, 0.25) is 5.91 Å². The van der Waals surface area contributed by atoms with Crippen LogP contribution in [0.1, 0.15) is 30.2 Å². The highest BCUT2D eigenvalue weighted by Crippen LogP contribution is 2.16. The molecule has 0 saturated heterocycles. The molecule has 5 heteroatoms. The molecule has 0 aromatic carbocycles. The Balaban J connectivity index is 2.41. The maximum absolute atomic E-state index is 11.6. The minimum atomic E-state index is -0.828. The lowest BCUT2D eigenvalue weighted by Crippen LogP contribution is -2.28. The van der Waals surface area contributed by atoms with Gasteiger partial charge in [-0.25, -0.2) is 0 Å². The zero-order valence-electron chi connectivity index (χ0n) is 11.2. The fraction of sp³-hybridized carbons (Fsp3) is 0.429. The monoisotopic (exact) mass is 281 g/mol. The summed E-state index contributed by atoms with van der Waals surface area (Å²) < 4.78 is 0. The zero-order valence-corrected chi connectivity index (χ0v) is 12.0. The number of carboxylic acids is 1. The van der Waals surface area contributed by atoms with Crippen LogP contribution in [-0.2, 0) is 9.59 Å². The van der Waals surface area contributed by atoms with Crippen molar-refractivity contribution in [2.75, 3.05) is 6.54 Å². The van der Waals surface area contributed by atoms with Gasteiger partial charge in [0.05, 0.1) is 0 Å². The summed E-state index contributed by atoms with van der Waals surface area (Å²) in [5.41, 5.74) is 1.14. The van der Waals surface area contributed by atoms with Gasteiger partial charge in [0, 0.05) is 23.9 Å². The molecular weight excluding hydrogens is 262 g/mol. The van der Waals surface area contributed by atoms with Crippen molar-refractivity contribution in [2.24, 2.45) is 5.92 Å². The summed E-state index contributed by atoms with van der Waals surface area (Å²) in [6, 6.07) is 2.00. The van der Waals surface area contributed by atoms with Gasteiger partial charge in [-0.05, 0) is 35.9 Å². The molecule has 0 spiro atoms. The lowest BCUT2D eigenvalue weighted by atomic mass is 10.0. The second-order valence-corrected chi connectivity index (χ2v) is 5.37. The van der Waals surface area contributed by atoms with E-state index in [0.717, 1.165) is 16.9 Å². The van der Waals surface area contributed by atoms with E-state index in [4.69, 9.17) is 5.11 Å². The minimum Gasteiger partial charge on any atom is -0.481 e. The van der Waals surface area contributed by atoms with Crippen LogP contribution in [0.25, 0.3) is 6.08 Å². The Morgan fingerprint density at radius 3 is 2.79 bits per heavy atom. The molecule has 4 nitrogen and oxygen atoms in total. The number of aliphatic carboxylic acids is 1. The van der Waals surface area contributed by atoms with E-state index in [1.165, 1.54) is 6.08 Å². The topological polar surface area (TPSA) is 66.4 Å². The predicted molar refractivity (Wildman–Crippen MR) is 77.1 cm³/mol. The van der Waals surface area contributed by atoms with Crippen LogP contribution in [0, 0.1) is 12.8 Å². The Labute approximate surface area is 117 Å². The number of carbonyl (C=O) groups is 2. The minimum absolute atomic E-state index is 0.0154. The summed E-state index contributed by atoms with van der Waals surface area (Å²) in [6.45, 7) is 4.31. The second-order valence-electron chi connectivity index (χ2n) is 4.42. The Bertz CT molecular complexity index is 465. The second kappa shape index (κ2) is 7.74. The lowest BCUT2D eigenvalue weighted by molar-refractivity contribution is -0.138. The van der Waals surface area contributed by atoms with Gasteiger partial charge in [0.15, 0.2) is 0 Å². The summed E-state index contributed by atoms with van der Waals surface area (Å²) in [5, 5.41) is 13.4. The highest BCUT2D eigenvalue weighted by Gasteiger charge is 2.11. The number of rotatable bonds is 7. The third-order valence-corrected chi connectivity index (χ3v) is 3.88. The van der Waals surface area contributed by atoms with E-state index in [2.05, 4.69) is 5.32 Å². The molecule has 0 fully saturated rings. The van der Waals surface area contributed by atoms with Gasteiger partial charge in [0.1, 0.15) is 0 Å². The number of hydrogen-bond donors (Lipinski definition) is 2. The van der Waals surface area contributed by atoms with Crippen molar-refractivity contribution in [3.8, 4) is 0 Å². The Morgan fingerprint density at radius 1 is 1.53 bits per heavy atom. The summed E-state index contributed by atoms with van der Waals surface area (Å²) in [6.07, 6.45) is 4.10. The van der Waals surface area contributed by atoms with E-state index in [1.54, 1.807) is 17.4 Å². The van der Waals surface area contributed by atoms with Gasteiger partial charge < -0.3 is 10.4 Å². The molecule has 1 aromatic heterocycles. The molecular formula is C14H19NO3S. The molecule has 1 aromatic rings. The molecule has 0 aliphatic carbocycles. The van der Waals surface area contributed by atoms with Crippen LogP contribution in [0.4, 0.5) is 0 Å². The molecule has 0 radical (unpaired) electrons. The van der Waals surface area contributed by atoms with Crippen molar-refractivity contribution in [1.29, 1.82) is 0 Å². The smallest absolute Gasteiger partial charge is 0.303 e. The molecule has 1 atom stereocenters. The molecule has 0 aliphatic rings. The van der Waals surface area contributed by atoms with Crippen LogP contribution < -0.4 is 5.32 Å². The van der Waals surface area contributed by atoms with E-state index in [0.29, 0.717) is 6.54 Å². The molecule has 0 saturated carbocycles. The maximum Gasteiger partial charge on any atom is 0.303 e. The lowest BCUT2D eigenvalue weighted by Gasteiger charge is -2.12. The van der Waals surface area contributed by atoms with E-state index in [1.807, 2.05) is 25.3 Å².